The molecule has 0 spiro atoms. The number of pyridine rings is 1. The lowest BCUT2D eigenvalue weighted by molar-refractivity contribution is 0.121. The molecular weight excluding hydrogens is 302 g/mol. The fourth-order valence-electron chi connectivity index (χ4n) is 2.83. The molecule has 0 aromatic carbocycles. The van der Waals surface area contributed by atoms with Crippen LogP contribution in [0.1, 0.15) is 50.4 Å². The summed E-state index contributed by atoms with van der Waals surface area (Å²) in [5.41, 5.74) is 2.48. The highest BCUT2D eigenvalue weighted by molar-refractivity contribution is 9.09. The maximum absolute atomic E-state index is 6.12. The van der Waals surface area contributed by atoms with Gasteiger partial charge in [-0.2, -0.15) is 0 Å². The van der Waals surface area contributed by atoms with Crippen molar-refractivity contribution in [3.63, 3.8) is 0 Å². The van der Waals surface area contributed by atoms with Crippen molar-refractivity contribution in [2.45, 2.75) is 52.4 Å². The van der Waals surface area contributed by atoms with Gasteiger partial charge in [-0.15, -0.1) is 0 Å². The first-order valence-corrected chi connectivity index (χ1v) is 8.46. The number of aromatic nitrogens is 1. The molecule has 1 heterocycles. The average Bonchev–Trinajstić information content (AvgIpc) is 2.47. The molecule has 106 valence electrons. The summed E-state index contributed by atoms with van der Waals surface area (Å²) in [5.74, 6) is 0.971. The summed E-state index contributed by atoms with van der Waals surface area (Å²) in [6, 6.07) is 4.11. The predicted octanol–water partition coefficient (Wildman–Crippen LogP) is 4.68. The molecule has 0 aliphatic heterocycles. The zero-order chi connectivity index (χ0) is 13.7. The molecule has 0 atom stereocenters. The lowest BCUT2D eigenvalue weighted by Crippen LogP contribution is -2.32. The summed E-state index contributed by atoms with van der Waals surface area (Å²) in [6.07, 6.45) is 7.53. The van der Waals surface area contributed by atoms with E-state index in [1.807, 2.05) is 13.0 Å². The molecule has 19 heavy (non-hydrogen) atoms. The number of hydrogen-bond donors (Lipinski definition) is 0. The molecule has 0 amide bonds. The molecule has 0 radical (unpaired) electrons. The van der Waals surface area contributed by atoms with Crippen molar-refractivity contribution in [2.24, 2.45) is 5.41 Å². The summed E-state index contributed by atoms with van der Waals surface area (Å²) in [7, 11) is 0. The molecular formula is C16H24BrNO. The van der Waals surface area contributed by atoms with Crippen LogP contribution in [-0.4, -0.2) is 16.9 Å². The highest BCUT2D eigenvalue weighted by Crippen LogP contribution is 2.38. The first-order valence-electron chi connectivity index (χ1n) is 7.34. The lowest BCUT2D eigenvalue weighted by atomic mass is 9.76. The fraction of sp³-hybridized carbons (Fsp3) is 0.688. The van der Waals surface area contributed by atoms with Crippen LogP contribution >= 0.6 is 15.9 Å². The highest BCUT2D eigenvalue weighted by Gasteiger charge is 2.32. The van der Waals surface area contributed by atoms with E-state index in [1.165, 1.54) is 32.1 Å². The van der Waals surface area contributed by atoms with Gasteiger partial charge in [-0.25, -0.2) is 0 Å². The van der Waals surface area contributed by atoms with Crippen LogP contribution in [0.3, 0.4) is 0 Å². The van der Waals surface area contributed by atoms with E-state index in [4.69, 9.17) is 4.74 Å². The third-order valence-corrected chi connectivity index (χ3v) is 5.33. The number of halogens is 1. The Morgan fingerprint density at radius 3 is 2.63 bits per heavy atom. The largest absolute Gasteiger partial charge is 0.491 e. The van der Waals surface area contributed by atoms with E-state index >= 15 is 0 Å². The van der Waals surface area contributed by atoms with Crippen LogP contribution < -0.4 is 4.74 Å². The van der Waals surface area contributed by atoms with Crippen LogP contribution in [-0.2, 0) is 6.42 Å². The molecule has 1 aromatic rings. The number of ether oxygens (including phenoxy) is 1. The van der Waals surface area contributed by atoms with Gasteiger partial charge in [0.15, 0.2) is 0 Å². The minimum atomic E-state index is 0.328. The first-order chi connectivity index (χ1) is 9.19. The highest BCUT2D eigenvalue weighted by atomic mass is 79.9. The van der Waals surface area contributed by atoms with Crippen molar-refractivity contribution in [3.05, 3.63) is 23.5 Å². The molecule has 2 rings (SSSR count). The van der Waals surface area contributed by atoms with Crippen molar-refractivity contribution in [2.75, 3.05) is 11.9 Å². The van der Waals surface area contributed by atoms with Crippen molar-refractivity contribution in [3.8, 4) is 5.75 Å². The van der Waals surface area contributed by atoms with E-state index in [0.29, 0.717) is 5.41 Å². The second-order valence-electron chi connectivity index (χ2n) is 5.73. The number of aryl methyl sites for hydroxylation is 2. The standard InChI is InChI=1S/C16H24BrNO/c1-3-14-15(8-7-13(2)18-14)19-12-16(11-17)9-5-4-6-10-16/h7-8H,3-6,9-12H2,1-2H3. The number of hydrogen-bond acceptors (Lipinski definition) is 2. The quantitative estimate of drug-likeness (QED) is 0.733. The van der Waals surface area contributed by atoms with Gasteiger partial charge in [0.25, 0.3) is 0 Å². The Hall–Kier alpha value is -0.570. The number of nitrogens with zero attached hydrogens (tertiary/aromatic N) is 1. The van der Waals surface area contributed by atoms with Crippen molar-refractivity contribution in [1.29, 1.82) is 0 Å². The Bertz CT molecular complexity index is 413. The molecule has 1 fully saturated rings. The van der Waals surface area contributed by atoms with Gasteiger partial charge < -0.3 is 4.74 Å². The summed E-state index contributed by atoms with van der Waals surface area (Å²) in [4.78, 5) is 4.57. The molecule has 1 aromatic heterocycles. The van der Waals surface area contributed by atoms with Gasteiger partial charge in [0.2, 0.25) is 0 Å². The van der Waals surface area contributed by atoms with Crippen molar-refractivity contribution < 1.29 is 4.74 Å². The molecule has 1 saturated carbocycles. The summed E-state index contributed by atoms with van der Waals surface area (Å²) >= 11 is 3.69. The van der Waals surface area contributed by atoms with Crippen molar-refractivity contribution >= 4 is 15.9 Å². The summed E-state index contributed by atoms with van der Waals surface area (Å²) < 4.78 is 6.12. The van der Waals surface area contributed by atoms with Crippen LogP contribution in [0.25, 0.3) is 0 Å². The zero-order valence-electron chi connectivity index (χ0n) is 12.0. The Morgan fingerprint density at radius 2 is 2.00 bits per heavy atom. The SMILES string of the molecule is CCc1nc(C)ccc1OCC1(CBr)CCCCC1. The molecule has 0 N–H and O–H groups in total. The molecule has 1 aliphatic carbocycles. The molecule has 0 bridgehead atoms. The second-order valence-corrected chi connectivity index (χ2v) is 6.29. The van der Waals surface area contributed by atoms with E-state index in [9.17, 15) is 0 Å². The van der Waals surface area contributed by atoms with Crippen LogP contribution in [0.4, 0.5) is 0 Å². The minimum Gasteiger partial charge on any atom is -0.491 e. The van der Waals surface area contributed by atoms with Gasteiger partial charge in [-0.3, -0.25) is 4.98 Å². The van der Waals surface area contributed by atoms with E-state index in [2.05, 4.69) is 33.9 Å². The van der Waals surface area contributed by atoms with Gasteiger partial charge >= 0.3 is 0 Å². The van der Waals surface area contributed by atoms with E-state index in [0.717, 1.165) is 35.5 Å². The van der Waals surface area contributed by atoms with Gasteiger partial charge in [-0.1, -0.05) is 42.1 Å². The van der Waals surface area contributed by atoms with Crippen LogP contribution in [0, 0.1) is 12.3 Å². The van der Waals surface area contributed by atoms with Crippen LogP contribution in [0.15, 0.2) is 12.1 Å². The van der Waals surface area contributed by atoms with E-state index in [-0.39, 0.29) is 0 Å². The van der Waals surface area contributed by atoms with Crippen molar-refractivity contribution in [1.82, 2.24) is 4.98 Å². The maximum atomic E-state index is 6.12. The predicted molar refractivity (Wildman–Crippen MR) is 83.2 cm³/mol. The normalized spacial score (nSPS) is 18.3. The Kier molecular flexibility index (Phi) is 5.26. The van der Waals surface area contributed by atoms with Crippen LogP contribution in [0.5, 0.6) is 5.75 Å². The Labute approximate surface area is 125 Å². The van der Waals surface area contributed by atoms with Gasteiger partial charge in [0.1, 0.15) is 5.75 Å². The minimum absolute atomic E-state index is 0.328. The van der Waals surface area contributed by atoms with Crippen LogP contribution in [0.2, 0.25) is 0 Å². The molecule has 2 nitrogen and oxygen atoms in total. The van der Waals surface area contributed by atoms with Gasteiger partial charge in [0, 0.05) is 16.4 Å². The number of alkyl halides is 1. The van der Waals surface area contributed by atoms with E-state index < -0.39 is 0 Å². The Morgan fingerprint density at radius 1 is 1.26 bits per heavy atom. The topological polar surface area (TPSA) is 22.1 Å². The summed E-state index contributed by atoms with van der Waals surface area (Å²) in [5, 5.41) is 1.04. The maximum Gasteiger partial charge on any atom is 0.140 e. The monoisotopic (exact) mass is 325 g/mol. The first kappa shape index (κ1) is 14.8. The summed E-state index contributed by atoms with van der Waals surface area (Å²) in [6.45, 7) is 4.98. The molecule has 0 unspecified atom stereocenters. The molecule has 0 saturated heterocycles. The zero-order valence-corrected chi connectivity index (χ0v) is 13.6. The fourth-order valence-corrected chi connectivity index (χ4v) is 3.55. The van der Waals surface area contributed by atoms with Gasteiger partial charge in [-0.05, 0) is 38.3 Å². The molecule has 3 heteroatoms. The second kappa shape index (κ2) is 6.74. The Balaban J connectivity index is 2.04. The molecule has 1 aliphatic rings. The smallest absolute Gasteiger partial charge is 0.140 e. The van der Waals surface area contributed by atoms with Gasteiger partial charge in [0.05, 0.1) is 12.3 Å². The average molecular weight is 326 g/mol. The third kappa shape index (κ3) is 3.71. The number of rotatable bonds is 5. The van der Waals surface area contributed by atoms with E-state index in [1.54, 1.807) is 0 Å². The third-order valence-electron chi connectivity index (χ3n) is 4.14. The lowest BCUT2D eigenvalue weighted by Gasteiger charge is -2.35.